The summed E-state index contributed by atoms with van der Waals surface area (Å²) in [5, 5.41) is 11.3. The summed E-state index contributed by atoms with van der Waals surface area (Å²) >= 11 is 5.96. The minimum atomic E-state index is -0.560. The van der Waals surface area contributed by atoms with Crippen LogP contribution in [0.5, 0.6) is 5.75 Å². The molecule has 0 fully saturated rings. The maximum atomic E-state index is 11.6. The molecule has 8 heteroatoms. The molecular formula is C12H13ClN4O3. The lowest BCUT2D eigenvalue weighted by Gasteiger charge is -2.08. The van der Waals surface area contributed by atoms with Crippen molar-refractivity contribution in [2.24, 2.45) is 0 Å². The van der Waals surface area contributed by atoms with Crippen LogP contribution in [0, 0.1) is 0 Å². The maximum Gasteiger partial charge on any atom is 0.378 e. The van der Waals surface area contributed by atoms with Gasteiger partial charge in [-0.2, -0.15) is 0 Å². The van der Waals surface area contributed by atoms with Crippen LogP contribution in [0.15, 0.2) is 24.3 Å². The Kier molecular flexibility index (Phi) is 4.89. The molecule has 1 heterocycles. The Balaban J connectivity index is 1.93. The Morgan fingerprint density at radius 2 is 2.20 bits per heavy atom. The summed E-state index contributed by atoms with van der Waals surface area (Å²) in [6.07, 6.45) is 0. The van der Waals surface area contributed by atoms with Crippen LogP contribution in [0.3, 0.4) is 0 Å². The molecule has 7 nitrogen and oxygen atoms in total. The highest BCUT2D eigenvalue weighted by molar-refractivity contribution is 6.32. The highest BCUT2D eigenvalue weighted by atomic mass is 35.5. The molecule has 0 saturated carbocycles. The lowest BCUT2D eigenvalue weighted by atomic mass is 10.3. The quantitative estimate of drug-likeness (QED) is 0.753. The van der Waals surface area contributed by atoms with Gasteiger partial charge in [-0.05, 0) is 29.5 Å². The second-order valence-corrected chi connectivity index (χ2v) is 4.13. The number of hydrogen-bond donors (Lipinski definition) is 0. The first kappa shape index (κ1) is 14.3. The number of esters is 1. The standard InChI is InChI=1S/C12H13ClN4O3/c1-2-19-12(18)11-14-15-16-17(11)7-8-20-10-6-4-3-5-9(10)13/h3-6H,2,7-8H2,1H3. The first-order valence-electron chi connectivity index (χ1n) is 6.03. The fourth-order valence-corrected chi connectivity index (χ4v) is 1.69. The molecule has 1 aromatic carbocycles. The van der Waals surface area contributed by atoms with Gasteiger partial charge in [0.05, 0.1) is 18.2 Å². The number of carbonyl (C=O) groups excluding carboxylic acids is 1. The van der Waals surface area contributed by atoms with Gasteiger partial charge >= 0.3 is 5.97 Å². The van der Waals surface area contributed by atoms with Crippen LogP contribution >= 0.6 is 11.6 Å². The highest BCUT2D eigenvalue weighted by Gasteiger charge is 2.16. The number of tetrazole rings is 1. The number of nitrogens with zero attached hydrogens (tertiary/aromatic N) is 4. The van der Waals surface area contributed by atoms with E-state index in [4.69, 9.17) is 21.1 Å². The normalized spacial score (nSPS) is 10.3. The lowest BCUT2D eigenvalue weighted by Crippen LogP contribution is -2.17. The third-order valence-electron chi connectivity index (χ3n) is 2.39. The monoisotopic (exact) mass is 296 g/mol. The number of aromatic nitrogens is 4. The summed E-state index contributed by atoms with van der Waals surface area (Å²) < 4.78 is 11.7. The molecule has 1 aromatic heterocycles. The zero-order valence-electron chi connectivity index (χ0n) is 10.8. The van der Waals surface area contributed by atoms with E-state index in [0.29, 0.717) is 17.3 Å². The lowest BCUT2D eigenvalue weighted by molar-refractivity contribution is 0.0503. The average Bonchev–Trinajstić information content (AvgIpc) is 2.90. The molecule has 0 unspecified atom stereocenters. The minimum Gasteiger partial charge on any atom is -0.490 e. The average molecular weight is 297 g/mol. The van der Waals surface area contributed by atoms with Crippen LogP contribution in [-0.4, -0.2) is 39.4 Å². The van der Waals surface area contributed by atoms with E-state index in [1.807, 2.05) is 12.1 Å². The molecular weight excluding hydrogens is 284 g/mol. The van der Waals surface area contributed by atoms with E-state index in [9.17, 15) is 4.79 Å². The molecule has 0 aliphatic heterocycles. The molecule has 0 N–H and O–H groups in total. The molecule has 0 spiro atoms. The third kappa shape index (κ3) is 3.45. The highest BCUT2D eigenvalue weighted by Crippen LogP contribution is 2.22. The Bertz CT molecular complexity index is 588. The topological polar surface area (TPSA) is 79.1 Å². The predicted molar refractivity (Wildman–Crippen MR) is 70.7 cm³/mol. The van der Waals surface area contributed by atoms with Gasteiger partial charge in [-0.25, -0.2) is 9.48 Å². The summed E-state index contributed by atoms with van der Waals surface area (Å²) in [7, 11) is 0. The van der Waals surface area contributed by atoms with E-state index in [-0.39, 0.29) is 19.0 Å². The van der Waals surface area contributed by atoms with Crippen molar-refractivity contribution in [1.29, 1.82) is 0 Å². The van der Waals surface area contributed by atoms with Gasteiger partial charge in [-0.1, -0.05) is 23.7 Å². The Morgan fingerprint density at radius 3 is 2.95 bits per heavy atom. The predicted octanol–water partition coefficient (Wildman–Crippen LogP) is 1.58. The van der Waals surface area contributed by atoms with E-state index in [1.165, 1.54) is 4.68 Å². The molecule has 20 heavy (non-hydrogen) atoms. The van der Waals surface area contributed by atoms with Crippen molar-refractivity contribution in [1.82, 2.24) is 20.2 Å². The van der Waals surface area contributed by atoms with Gasteiger partial charge in [0.1, 0.15) is 12.4 Å². The number of halogens is 1. The zero-order chi connectivity index (χ0) is 14.4. The van der Waals surface area contributed by atoms with Crippen molar-refractivity contribution in [2.75, 3.05) is 13.2 Å². The van der Waals surface area contributed by atoms with Crippen molar-refractivity contribution >= 4 is 17.6 Å². The molecule has 106 valence electrons. The van der Waals surface area contributed by atoms with Crippen LogP contribution < -0.4 is 4.74 Å². The van der Waals surface area contributed by atoms with Gasteiger partial charge in [-0.3, -0.25) is 0 Å². The van der Waals surface area contributed by atoms with Gasteiger partial charge in [0, 0.05) is 0 Å². The van der Waals surface area contributed by atoms with Crippen molar-refractivity contribution in [2.45, 2.75) is 13.5 Å². The first-order chi connectivity index (χ1) is 9.72. The molecule has 2 aromatic rings. The van der Waals surface area contributed by atoms with Crippen LogP contribution in [0.4, 0.5) is 0 Å². The van der Waals surface area contributed by atoms with Crippen LogP contribution in [0.1, 0.15) is 17.5 Å². The van der Waals surface area contributed by atoms with E-state index in [0.717, 1.165) is 0 Å². The number of rotatable bonds is 6. The number of ether oxygens (including phenoxy) is 2. The van der Waals surface area contributed by atoms with Crippen molar-refractivity contribution in [3.63, 3.8) is 0 Å². The summed E-state index contributed by atoms with van der Waals surface area (Å²) in [6.45, 7) is 2.57. The summed E-state index contributed by atoms with van der Waals surface area (Å²) in [6, 6.07) is 7.13. The largest absolute Gasteiger partial charge is 0.490 e. The molecule has 0 aliphatic carbocycles. The van der Waals surface area contributed by atoms with E-state index >= 15 is 0 Å². The number of hydrogen-bond acceptors (Lipinski definition) is 6. The molecule has 0 bridgehead atoms. The van der Waals surface area contributed by atoms with Crippen LogP contribution in [0.25, 0.3) is 0 Å². The van der Waals surface area contributed by atoms with Gasteiger partial charge in [0.25, 0.3) is 5.82 Å². The summed E-state index contributed by atoms with van der Waals surface area (Å²) in [5.41, 5.74) is 0. The van der Waals surface area contributed by atoms with Gasteiger partial charge in [0.15, 0.2) is 0 Å². The van der Waals surface area contributed by atoms with Crippen molar-refractivity contribution in [3.8, 4) is 5.75 Å². The Hall–Kier alpha value is -2.15. The third-order valence-corrected chi connectivity index (χ3v) is 2.70. The zero-order valence-corrected chi connectivity index (χ0v) is 11.6. The SMILES string of the molecule is CCOC(=O)c1nnnn1CCOc1ccccc1Cl. The van der Waals surface area contributed by atoms with E-state index in [1.54, 1.807) is 19.1 Å². The molecule has 0 amide bonds. The second kappa shape index (κ2) is 6.85. The number of para-hydroxylation sites is 1. The fourth-order valence-electron chi connectivity index (χ4n) is 1.50. The molecule has 0 aliphatic rings. The van der Waals surface area contributed by atoms with Gasteiger partial charge in [0.2, 0.25) is 0 Å². The molecule has 0 saturated heterocycles. The summed E-state index contributed by atoms with van der Waals surface area (Å²) in [4.78, 5) is 11.6. The first-order valence-corrected chi connectivity index (χ1v) is 6.40. The van der Waals surface area contributed by atoms with Crippen molar-refractivity contribution in [3.05, 3.63) is 35.1 Å². The molecule has 2 rings (SSSR count). The smallest absolute Gasteiger partial charge is 0.378 e. The minimum absolute atomic E-state index is 0.0506. The van der Waals surface area contributed by atoms with Gasteiger partial charge in [-0.15, -0.1) is 5.10 Å². The summed E-state index contributed by atoms with van der Waals surface area (Å²) in [5.74, 6) is 0.0600. The van der Waals surface area contributed by atoms with Crippen LogP contribution in [-0.2, 0) is 11.3 Å². The fraction of sp³-hybridized carbons (Fsp3) is 0.333. The molecule has 0 atom stereocenters. The molecule has 0 radical (unpaired) electrons. The van der Waals surface area contributed by atoms with E-state index < -0.39 is 5.97 Å². The van der Waals surface area contributed by atoms with Crippen molar-refractivity contribution < 1.29 is 14.3 Å². The second-order valence-electron chi connectivity index (χ2n) is 3.72. The number of benzene rings is 1. The maximum absolute atomic E-state index is 11.6. The Labute approximate surface area is 120 Å². The van der Waals surface area contributed by atoms with Gasteiger partial charge < -0.3 is 9.47 Å². The number of carbonyl (C=O) groups is 1. The Morgan fingerprint density at radius 1 is 1.40 bits per heavy atom. The van der Waals surface area contributed by atoms with Crippen LogP contribution in [0.2, 0.25) is 5.02 Å². The van der Waals surface area contributed by atoms with E-state index in [2.05, 4.69) is 15.5 Å².